The normalized spacial score (nSPS) is 19.3. The van der Waals surface area contributed by atoms with Crippen LogP contribution in [0.25, 0.3) is 0 Å². The van der Waals surface area contributed by atoms with Crippen molar-refractivity contribution in [1.29, 1.82) is 0 Å². The zero-order valence-corrected chi connectivity index (χ0v) is 15.7. The molecule has 0 aliphatic heterocycles. The summed E-state index contributed by atoms with van der Waals surface area (Å²) in [6, 6.07) is 11.3. The maximum Gasteiger partial charge on any atom is 0.223 e. The van der Waals surface area contributed by atoms with Gasteiger partial charge in [-0.25, -0.2) is 4.98 Å². The fourth-order valence-corrected chi connectivity index (χ4v) is 3.31. The molecule has 2 aromatic rings. The molecule has 6 heteroatoms. The molecule has 1 heterocycles. The fraction of sp³-hybridized carbons (Fsp3) is 0.429. The van der Waals surface area contributed by atoms with Gasteiger partial charge in [-0.1, -0.05) is 6.42 Å². The van der Waals surface area contributed by atoms with Crippen LogP contribution in [0.4, 0.5) is 0 Å². The molecule has 1 aromatic carbocycles. The Balaban J connectivity index is 1.54. The van der Waals surface area contributed by atoms with E-state index in [4.69, 9.17) is 15.2 Å². The standard InChI is InChI=1S/C21H27N3O3/c1-2-26-18-6-8-19(9-7-18)27-20-12-15(10-11-23-20)14-24-21(25)16-4-3-5-17(22)13-16/h6-12,16-17H,2-5,13-14,22H2,1H3,(H,24,25). The number of ether oxygens (including phenoxy) is 2. The van der Waals surface area contributed by atoms with Crippen molar-refractivity contribution in [1.82, 2.24) is 10.3 Å². The third-order valence-corrected chi connectivity index (χ3v) is 4.71. The first kappa shape index (κ1) is 19.2. The van der Waals surface area contributed by atoms with Crippen molar-refractivity contribution < 1.29 is 14.3 Å². The molecular weight excluding hydrogens is 342 g/mol. The lowest BCUT2D eigenvalue weighted by Crippen LogP contribution is -2.37. The summed E-state index contributed by atoms with van der Waals surface area (Å²) in [5.74, 6) is 2.08. The second kappa shape index (κ2) is 9.37. The molecule has 1 aromatic heterocycles. The summed E-state index contributed by atoms with van der Waals surface area (Å²) in [5.41, 5.74) is 6.92. The van der Waals surface area contributed by atoms with Crippen molar-refractivity contribution in [3.05, 3.63) is 48.2 Å². The highest BCUT2D eigenvalue weighted by atomic mass is 16.5. The Morgan fingerprint density at radius 1 is 1.22 bits per heavy atom. The third-order valence-electron chi connectivity index (χ3n) is 4.71. The maximum absolute atomic E-state index is 12.4. The Labute approximate surface area is 160 Å². The van der Waals surface area contributed by atoms with Gasteiger partial charge in [0, 0.05) is 30.8 Å². The summed E-state index contributed by atoms with van der Waals surface area (Å²) in [6.45, 7) is 3.02. The van der Waals surface area contributed by atoms with Gasteiger partial charge in [-0.3, -0.25) is 4.79 Å². The van der Waals surface area contributed by atoms with Crippen LogP contribution >= 0.6 is 0 Å². The molecule has 0 saturated heterocycles. The van der Waals surface area contributed by atoms with Gasteiger partial charge >= 0.3 is 0 Å². The van der Waals surface area contributed by atoms with Crippen LogP contribution in [0.15, 0.2) is 42.6 Å². The molecule has 1 fully saturated rings. The van der Waals surface area contributed by atoms with Crippen molar-refractivity contribution in [2.24, 2.45) is 11.7 Å². The monoisotopic (exact) mass is 369 g/mol. The van der Waals surface area contributed by atoms with Crippen LogP contribution < -0.4 is 20.5 Å². The highest BCUT2D eigenvalue weighted by molar-refractivity contribution is 5.78. The molecule has 2 atom stereocenters. The zero-order valence-electron chi connectivity index (χ0n) is 15.7. The third kappa shape index (κ3) is 5.69. The maximum atomic E-state index is 12.4. The number of benzene rings is 1. The number of pyridine rings is 1. The summed E-state index contributed by atoms with van der Waals surface area (Å²) in [6.07, 6.45) is 5.41. The summed E-state index contributed by atoms with van der Waals surface area (Å²) < 4.78 is 11.2. The molecule has 3 rings (SSSR count). The van der Waals surface area contributed by atoms with E-state index in [1.165, 1.54) is 0 Å². The number of carbonyl (C=O) groups is 1. The van der Waals surface area contributed by atoms with Gasteiger partial charge < -0.3 is 20.5 Å². The van der Waals surface area contributed by atoms with Crippen molar-refractivity contribution in [3.8, 4) is 17.4 Å². The number of nitrogens with zero attached hydrogens (tertiary/aromatic N) is 1. The van der Waals surface area contributed by atoms with Gasteiger partial charge in [0.15, 0.2) is 0 Å². The minimum Gasteiger partial charge on any atom is -0.494 e. The van der Waals surface area contributed by atoms with E-state index in [0.29, 0.717) is 24.8 Å². The zero-order chi connectivity index (χ0) is 19.1. The van der Waals surface area contributed by atoms with Crippen LogP contribution in [0.2, 0.25) is 0 Å². The number of aromatic nitrogens is 1. The van der Waals surface area contributed by atoms with Crippen molar-refractivity contribution in [2.75, 3.05) is 6.61 Å². The predicted molar refractivity (Wildman–Crippen MR) is 104 cm³/mol. The van der Waals surface area contributed by atoms with Crippen LogP contribution in [0.3, 0.4) is 0 Å². The minimum absolute atomic E-state index is 0.0233. The van der Waals surface area contributed by atoms with E-state index in [1.807, 2.05) is 43.3 Å². The lowest BCUT2D eigenvalue weighted by Gasteiger charge is -2.25. The van der Waals surface area contributed by atoms with E-state index in [1.54, 1.807) is 6.20 Å². The smallest absolute Gasteiger partial charge is 0.223 e. The fourth-order valence-electron chi connectivity index (χ4n) is 3.31. The van der Waals surface area contributed by atoms with Crippen molar-refractivity contribution in [2.45, 2.75) is 45.2 Å². The Morgan fingerprint density at radius 3 is 2.74 bits per heavy atom. The number of rotatable bonds is 7. The van der Waals surface area contributed by atoms with Gasteiger partial charge in [-0.15, -0.1) is 0 Å². The molecule has 1 aliphatic carbocycles. The summed E-state index contributed by atoms with van der Waals surface area (Å²) >= 11 is 0. The average molecular weight is 369 g/mol. The van der Waals surface area contributed by atoms with E-state index in [2.05, 4.69) is 10.3 Å². The number of nitrogens with two attached hydrogens (primary N) is 1. The molecule has 1 amide bonds. The van der Waals surface area contributed by atoms with E-state index >= 15 is 0 Å². The number of hydrogen-bond donors (Lipinski definition) is 2. The topological polar surface area (TPSA) is 86.5 Å². The van der Waals surface area contributed by atoms with Crippen LogP contribution in [0.5, 0.6) is 17.4 Å². The van der Waals surface area contributed by atoms with E-state index < -0.39 is 0 Å². The summed E-state index contributed by atoms with van der Waals surface area (Å²) in [4.78, 5) is 16.6. The highest BCUT2D eigenvalue weighted by Gasteiger charge is 2.24. The van der Waals surface area contributed by atoms with E-state index in [-0.39, 0.29) is 17.9 Å². The van der Waals surface area contributed by atoms with Crippen LogP contribution in [0.1, 0.15) is 38.2 Å². The van der Waals surface area contributed by atoms with Gasteiger partial charge in [0.1, 0.15) is 11.5 Å². The molecule has 0 radical (unpaired) electrons. The Kier molecular flexibility index (Phi) is 6.65. The second-order valence-corrected chi connectivity index (χ2v) is 6.85. The van der Waals surface area contributed by atoms with Crippen molar-refractivity contribution in [3.63, 3.8) is 0 Å². The summed E-state index contributed by atoms with van der Waals surface area (Å²) in [7, 11) is 0. The Bertz CT molecular complexity index is 749. The highest BCUT2D eigenvalue weighted by Crippen LogP contribution is 2.24. The molecule has 0 spiro atoms. The second-order valence-electron chi connectivity index (χ2n) is 6.85. The first-order valence-corrected chi connectivity index (χ1v) is 9.53. The Morgan fingerprint density at radius 2 is 2.00 bits per heavy atom. The molecule has 2 unspecified atom stereocenters. The van der Waals surface area contributed by atoms with E-state index in [9.17, 15) is 4.79 Å². The molecule has 1 aliphatic rings. The first-order chi connectivity index (χ1) is 13.1. The van der Waals surface area contributed by atoms with Gasteiger partial charge in [0.25, 0.3) is 0 Å². The van der Waals surface area contributed by atoms with Gasteiger partial charge in [0.2, 0.25) is 11.8 Å². The SMILES string of the molecule is CCOc1ccc(Oc2cc(CNC(=O)C3CCCC(N)C3)ccn2)cc1. The molecule has 3 N–H and O–H groups in total. The Hall–Kier alpha value is -2.60. The lowest BCUT2D eigenvalue weighted by molar-refractivity contribution is -0.126. The van der Waals surface area contributed by atoms with Crippen LogP contribution in [-0.2, 0) is 11.3 Å². The first-order valence-electron chi connectivity index (χ1n) is 9.53. The molecule has 144 valence electrons. The quantitative estimate of drug-likeness (QED) is 0.781. The molecule has 6 nitrogen and oxygen atoms in total. The molecule has 1 saturated carbocycles. The molecular formula is C21H27N3O3. The van der Waals surface area contributed by atoms with Gasteiger partial charge in [0.05, 0.1) is 6.61 Å². The van der Waals surface area contributed by atoms with Crippen LogP contribution in [-0.4, -0.2) is 23.5 Å². The number of amides is 1. The van der Waals surface area contributed by atoms with Crippen LogP contribution in [0, 0.1) is 5.92 Å². The van der Waals surface area contributed by atoms with Gasteiger partial charge in [-0.2, -0.15) is 0 Å². The predicted octanol–water partition coefficient (Wildman–Crippen LogP) is 3.41. The minimum atomic E-state index is 0.0233. The number of carbonyl (C=O) groups excluding carboxylic acids is 1. The summed E-state index contributed by atoms with van der Waals surface area (Å²) in [5, 5.41) is 3.01. The van der Waals surface area contributed by atoms with Crippen molar-refractivity contribution >= 4 is 5.91 Å². The number of nitrogens with one attached hydrogen (secondary N) is 1. The average Bonchev–Trinajstić information content (AvgIpc) is 2.68. The largest absolute Gasteiger partial charge is 0.494 e. The number of hydrogen-bond acceptors (Lipinski definition) is 5. The van der Waals surface area contributed by atoms with E-state index in [0.717, 1.165) is 37.0 Å². The molecule has 27 heavy (non-hydrogen) atoms. The molecule has 0 bridgehead atoms. The lowest BCUT2D eigenvalue weighted by atomic mass is 9.85. The van der Waals surface area contributed by atoms with Gasteiger partial charge in [-0.05, 0) is 62.1 Å².